The lowest BCUT2D eigenvalue weighted by Crippen LogP contribution is -2.52. The van der Waals surface area contributed by atoms with Crippen LogP contribution in [0.25, 0.3) is 0 Å². The van der Waals surface area contributed by atoms with E-state index in [1.165, 1.54) is 12.1 Å². The van der Waals surface area contributed by atoms with E-state index in [1.54, 1.807) is 0 Å². The summed E-state index contributed by atoms with van der Waals surface area (Å²) in [6, 6.07) is 2.86. The molecule has 2 rings (SSSR count). The van der Waals surface area contributed by atoms with Crippen LogP contribution in [-0.4, -0.2) is 28.6 Å². The van der Waals surface area contributed by atoms with Crippen molar-refractivity contribution in [1.82, 2.24) is 0 Å². The molecule has 20 heavy (non-hydrogen) atoms. The molecule has 1 aliphatic rings. The lowest BCUT2D eigenvalue weighted by Gasteiger charge is -2.41. The minimum absolute atomic E-state index is 0.00411. The Kier molecular flexibility index (Phi) is 5.44. The fraction of sp³-hybridized carbons (Fsp3) is 0.500. The van der Waals surface area contributed by atoms with E-state index in [2.05, 4.69) is 47.8 Å². The summed E-state index contributed by atoms with van der Waals surface area (Å²) < 4.78 is 12.6. The zero-order valence-corrected chi connectivity index (χ0v) is 15.3. The highest BCUT2D eigenvalue weighted by atomic mass is 79.9. The number of alkyl halides is 1. The van der Waals surface area contributed by atoms with E-state index in [4.69, 9.17) is 9.47 Å². The Balaban J connectivity index is 2.16. The normalized spacial score (nSPS) is 25.1. The Morgan fingerprint density at radius 2 is 2.00 bits per heavy atom. The molecule has 0 N–H and O–H groups in total. The van der Waals surface area contributed by atoms with Gasteiger partial charge in [0.05, 0.1) is 13.9 Å². The van der Waals surface area contributed by atoms with E-state index in [1.807, 2.05) is 6.92 Å². The van der Waals surface area contributed by atoms with Crippen LogP contribution in [-0.2, 0) is 4.74 Å². The van der Waals surface area contributed by atoms with E-state index < -0.39 is 4.92 Å². The van der Waals surface area contributed by atoms with Gasteiger partial charge in [-0.15, -0.1) is 0 Å². The van der Waals surface area contributed by atoms with Crippen LogP contribution in [0.2, 0.25) is 0 Å². The maximum atomic E-state index is 10.8. The molecular formula is C12H12Br3NO4. The van der Waals surface area contributed by atoms with Crippen LogP contribution >= 0.6 is 47.8 Å². The first-order chi connectivity index (χ1) is 9.43. The molecule has 110 valence electrons. The second-order valence-electron chi connectivity index (χ2n) is 4.32. The molecule has 1 saturated carbocycles. The van der Waals surface area contributed by atoms with Gasteiger partial charge in [-0.2, -0.15) is 0 Å². The van der Waals surface area contributed by atoms with Crippen molar-refractivity contribution in [3.63, 3.8) is 0 Å². The highest BCUT2D eigenvalue weighted by molar-refractivity contribution is 9.11. The molecule has 0 amide bonds. The van der Waals surface area contributed by atoms with Gasteiger partial charge < -0.3 is 9.47 Å². The molecule has 3 atom stereocenters. The number of halogens is 3. The van der Waals surface area contributed by atoms with Gasteiger partial charge in [-0.25, -0.2) is 0 Å². The van der Waals surface area contributed by atoms with Gasteiger partial charge in [0.2, 0.25) is 0 Å². The third-order valence-electron chi connectivity index (χ3n) is 3.00. The van der Waals surface area contributed by atoms with Crippen molar-refractivity contribution >= 4 is 53.5 Å². The van der Waals surface area contributed by atoms with E-state index in [0.29, 0.717) is 21.3 Å². The molecule has 0 heterocycles. The topological polar surface area (TPSA) is 61.6 Å². The van der Waals surface area contributed by atoms with Crippen molar-refractivity contribution in [2.24, 2.45) is 0 Å². The van der Waals surface area contributed by atoms with Gasteiger partial charge in [-0.05, 0) is 38.8 Å². The number of hydrogen-bond acceptors (Lipinski definition) is 4. The second kappa shape index (κ2) is 6.72. The summed E-state index contributed by atoms with van der Waals surface area (Å²) in [7, 11) is 0. The van der Waals surface area contributed by atoms with Crippen LogP contribution < -0.4 is 4.74 Å². The summed E-state index contributed by atoms with van der Waals surface area (Å²) in [5, 5.41) is 10.8. The zero-order chi connectivity index (χ0) is 14.9. The number of nitro benzene ring substituents is 1. The zero-order valence-electron chi connectivity index (χ0n) is 10.5. The van der Waals surface area contributed by atoms with Gasteiger partial charge in [0.25, 0.3) is 5.69 Å². The molecule has 1 aliphatic carbocycles. The van der Waals surface area contributed by atoms with Crippen LogP contribution in [0.4, 0.5) is 5.69 Å². The van der Waals surface area contributed by atoms with Crippen LogP contribution in [0.5, 0.6) is 5.75 Å². The summed E-state index contributed by atoms with van der Waals surface area (Å²) >= 11 is 10.2. The summed E-state index contributed by atoms with van der Waals surface area (Å²) in [6.07, 6.45) is 0.767. The first-order valence-corrected chi connectivity index (χ1v) is 8.50. The fourth-order valence-corrected chi connectivity index (χ4v) is 4.17. The Hall–Kier alpha value is -0.180. The van der Waals surface area contributed by atoms with Crippen LogP contribution in [0.15, 0.2) is 21.1 Å². The van der Waals surface area contributed by atoms with Crippen molar-refractivity contribution in [3.05, 3.63) is 31.2 Å². The molecule has 1 fully saturated rings. The molecule has 0 radical (unpaired) electrons. The first kappa shape index (κ1) is 16.2. The van der Waals surface area contributed by atoms with Crippen molar-refractivity contribution < 1.29 is 14.4 Å². The molecule has 8 heteroatoms. The van der Waals surface area contributed by atoms with Crippen molar-refractivity contribution in [2.75, 3.05) is 6.61 Å². The average Bonchev–Trinajstić information content (AvgIpc) is 2.38. The molecule has 3 unspecified atom stereocenters. The number of rotatable bonds is 5. The first-order valence-electron chi connectivity index (χ1n) is 5.99. The Morgan fingerprint density at radius 3 is 2.45 bits per heavy atom. The monoisotopic (exact) mass is 471 g/mol. The molecule has 0 bridgehead atoms. The van der Waals surface area contributed by atoms with Gasteiger partial charge in [0.15, 0.2) is 0 Å². The number of ether oxygens (including phenoxy) is 2. The summed E-state index contributed by atoms with van der Waals surface area (Å²) in [4.78, 5) is 10.6. The van der Waals surface area contributed by atoms with E-state index in [9.17, 15) is 10.1 Å². The highest BCUT2D eigenvalue weighted by Gasteiger charge is 2.42. The highest BCUT2D eigenvalue weighted by Crippen LogP contribution is 2.41. The van der Waals surface area contributed by atoms with Crippen molar-refractivity contribution in [3.8, 4) is 5.75 Å². The number of nitro groups is 1. The molecule has 5 nitrogen and oxygen atoms in total. The lowest BCUT2D eigenvalue weighted by molar-refractivity contribution is -0.385. The minimum atomic E-state index is -0.444. The van der Waals surface area contributed by atoms with Crippen LogP contribution in [0.1, 0.15) is 13.3 Å². The number of hydrogen-bond donors (Lipinski definition) is 0. The maximum Gasteiger partial charge on any atom is 0.271 e. The van der Waals surface area contributed by atoms with Crippen molar-refractivity contribution in [2.45, 2.75) is 30.4 Å². The smallest absolute Gasteiger partial charge is 0.271 e. The van der Waals surface area contributed by atoms with Gasteiger partial charge in [-0.1, -0.05) is 15.9 Å². The van der Waals surface area contributed by atoms with Crippen molar-refractivity contribution in [1.29, 1.82) is 0 Å². The Bertz CT molecular complexity index is 502. The summed E-state index contributed by atoms with van der Waals surface area (Å²) in [5.74, 6) is 0.560. The minimum Gasteiger partial charge on any atom is -0.485 e. The Labute approximate surface area is 141 Å². The second-order valence-corrected chi connectivity index (χ2v) is 7.21. The third kappa shape index (κ3) is 3.35. The number of benzene rings is 1. The molecule has 0 aliphatic heterocycles. The van der Waals surface area contributed by atoms with E-state index in [0.717, 1.165) is 6.42 Å². The predicted octanol–water partition coefficient (Wildman–Crippen LogP) is 4.44. The fourth-order valence-electron chi connectivity index (χ4n) is 1.96. The molecule has 1 aromatic rings. The molecule has 0 spiro atoms. The molecular weight excluding hydrogens is 462 g/mol. The van der Waals surface area contributed by atoms with Crippen LogP contribution in [0.3, 0.4) is 0 Å². The van der Waals surface area contributed by atoms with E-state index in [-0.39, 0.29) is 22.7 Å². The van der Waals surface area contributed by atoms with Gasteiger partial charge in [-0.3, -0.25) is 10.1 Å². The van der Waals surface area contributed by atoms with E-state index >= 15 is 0 Å². The maximum absolute atomic E-state index is 10.8. The largest absolute Gasteiger partial charge is 0.485 e. The number of non-ortho nitro benzene ring substituents is 1. The van der Waals surface area contributed by atoms with Gasteiger partial charge in [0.1, 0.15) is 18.0 Å². The SMILES string of the molecule is CCOC1C(Br)CC1Oc1c(Br)cc([N+](=O)[O-])cc1Br. The third-order valence-corrected chi connectivity index (χ3v) is 5.08. The average molecular weight is 474 g/mol. The standard InChI is InChI=1S/C12H12Br3NO4/c1-2-19-12-9(15)5-10(12)20-11-7(13)3-6(16(17)18)4-8(11)14/h3-4,9-10,12H,2,5H2,1H3. The summed E-state index contributed by atoms with van der Waals surface area (Å²) in [5.41, 5.74) is 0.00411. The quantitative estimate of drug-likeness (QED) is 0.360. The predicted molar refractivity (Wildman–Crippen MR) is 85.7 cm³/mol. The number of nitrogens with zero attached hydrogens (tertiary/aromatic N) is 1. The Morgan fingerprint density at radius 1 is 1.40 bits per heavy atom. The molecule has 0 aromatic heterocycles. The van der Waals surface area contributed by atoms with Crippen LogP contribution in [0, 0.1) is 10.1 Å². The lowest BCUT2D eigenvalue weighted by atomic mass is 9.91. The molecule has 0 saturated heterocycles. The van der Waals surface area contributed by atoms with Gasteiger partial charge in [0, 0.05) is 30.0 Å². The summed E-state index contributed by atoms with van der Waals surface area (Å²) in [6.45, 7) is 2.56. The molecule has 1 aromatic carbocycles. The van der Waals surface area contributed by atoms with Gasteiger partial charge >= 0.3 is 0 Å².